The van der Waals surface area contributed by atoms with Gasteiger partial charge in [0.2, 0.25) is 5.91 Å². The zero-order valence-corrected chi connectivity index (χ0v) is 16.9. The topological polar surface area (TPSA) is 64.0 Å². The van der Waals surface area contributed by atoms with Crippen LogP contribution in [0.3, 0.4) is 0 Å². The number of carbonyl (C=O) groups is 1. The van der Waals surface area contributed by atoms with Gasteiger partial charge in [-0.15, -0.1) is 0 Å². The van der Waals surface area contributed by atoms with Gasteiger partial charge in [0.1, 0.15) is 0 Å². The number of nitrogens with zero attached hydrogens (tertiary/aromatic N) is 2. The fourth-order valence-electron chi connectivity index (χ4n) is 3.38. The van der Waals surface area contributed by atoms with Crippen molar-refractivity contribution in [1.82, 2.24) is 14.9 Å². The molecule has 1 unspecified atom stereocenters. The van der Waals surface area contributed by atoms with Crippen LogP contribution in [0.2, 0.25) is 5.02 Å². The Labute approximate surface area is 179 Å². The predicted octanol–water partition coefficient (Wildman–Crippen LogP) is 4.35. The molecule has 3 aromatic carbocycles. The van der Waals surface area contributed by atoms with Crippen molar-refractivity contribution in [3.8, 4) is 0 Å². The van der Waals surface area contributed by atoms with E-state index < -0.39 is 0 Å². The Bertz CT molecular complexity index is 1220. The molecule has 0 saturated carbocycles. The standard InChI is InChI=1S/C24H20ClN3O2/c25-19-12-10-18(11-13-19)23(17-6-2-1-3-7-17)27-22(29)14-15-28-16-26-21-9-5-4-8-20(21)24(28)30/h1-13,16,23H,14-15H2,(H,27,29). The second kappa shape index (κ2) is 8.93. The van der Waals surface area contributed by atoms with Gasteiger partial charge in [-0.1, -0.05) is 66.2 Å². The van der Waals surface area contributed by atoms with Crippen molar-refractivity contribution in [3.05, 3.63) is 112 Å². The largest absolute Gasteiger partial charge is 0.345 e. The van der Waals surface area contributed by atoms with E-state index in [4.69, 9.17) is 11.6 Å². The van der Waals surface area contributed by atoms with Crippen molar-refractivity contribution < 1.29 is 4.79 Å². The van der Waals surface area contributed by atoms with E-state index in [9.17, 15) is 9.59 Å². The van der Waals surface area contributed by atoms with E-state index in [1.165, 1.54) is 10.9 Å². The number of rotatable bonds is 6. The molecule has 4 aromatic rings. The first-order valence-corrected chi connectivity index (χ1v) is 10.0. The molecule has 0 bridgehead atoms. The van der Waals surface area contributed by atoms with Gasteiger partial charge in [-0.05, 0) is 35.4 Å². The highest BCUT2D eigenvalue weighted by Gasteiger charge is 2.17. The number of para-hydroxylation sites is 1. The van der Waals surface area contributed by atoms with Crippen LogP contribution in [-0.2, 0) is 11.3 Å². The molecule has 4 rings (SSSR count). The molecule has 1 amide bonds. The van der Waals surface area contributed by atoms with E-state index in [0.29, 0.717) is 15.9 Å². The van der Waals surface area contributed by atoms with Gasteiger partial charge in [-0.25, -0.2) is 4.98 Å². The molecule has 0 spiro atoms. The van der Waals surface area contributed by atoms with Gasteiger partial charge in [-0.2, -0.15) is 0 Å². The van der Waals surface area contributed by atoms with Crippen molar-refractivity contribution in [2.45, 2.75) is 19.0 Å². The monoisotopic (exact) mass is 417 g/mol. The molecule has 6 heteroatoms. The van der Waals surface area contributed by atoms with Gasteiger partial charge < -0.3 is 5.32 Å². The Morgan fingerprint density at radius 1 is 0.933 bits per heavy atom. The van der Waals surface area contributed by atoms with Gasteiger partial charge in [0.15, 0.2) is 0 Å². The van der Waals surface area contributed by atoms with Gasteiger partial charge >= 0.3 is 0 Å². The maximum absolute atomic E-state index is 12.7. The Morgan fingerprint density at radius 2 is 1.60 bits per heavy atom. The summed E-state index contributed by atoms with van der Waals surface area (Å²) in [5.74, 6) is -0.154. The molecule has 1 heterocycles. The van der Waals surface area contributed by atoms with Gasteiger partial charge in [0, 0.05) is 18.0 Å². The van der Waals surface area contributed by atoms with E-state index in [0.717, 1.165) is 11.1 Å². The quantitative estimate of drug-likeness (QED) is 0.507. The molecule has 0 radical (unpaired) electrons. The Morgan fingerprint density at radius 3 is 2.37 bits per heavy atom. The second-order valence-corrected chi connectivity index (χ2v) is 7.41. The van der Waals surface area contributed by atoms with Gasteiger partial charge in [0.25, 0.3) is 5.56 Å². The number of aryl methyl sites for hydroxylation is 1. The molecular weight excluding hydrogens is 398 g/mol. The SMILES string of the molecule is O=C(CCn1cnc2ccccc2c1=O)NC(c1ccccc1)c1ccc(Cl)cc1. The lowest BCUT2D eigenvalue weighted by Crippen LogP contribution is -2.31. The van der Waals surface area contributed by atoms with Crippen molar-refractivity contribution in [1.29, 1.82) is 0 Å². The van der Waals surface area contributed by atoms with Crippen LogP contribution < -0.4 is 10.9 Å². The summed E-state index contributed by atoms with van der Waals surface area (Å²) in [6, 6.07) is 24.0. The van der Waals surface area contributed by atoms with E-state index in [2.05, 4.69) is 10.3 Å². The minimum atomic E-state index is -0.303. The molecule has 150 valence electrons. The fraction of sp³-hybridized carbons (Fsp3) is 0.125. The zero-order chi connectivity index (χ0) is 20.9. The van der Waals surface area contributed by atoms with E-state index in [1.54, 1.807) is 30.3 Å². The van der Waals surface area contributed by atoms with Crippen LogP contribution in [0, 0.1) is 0 Å². The van der Waals surface area contributed by atoms with Crippen molar-refractivity contribution in [2.24, 2.45) is 0 Å². The summed E-state index contributed by atoms with van der Waals surface area (Å²) in [7, 11) is 0. The summed E-state index contributed by atoms with van der Waals surface area (Å²) < 4.78 is 1.47. The third-order valence-corrected chi connectivity index (χ3v) is 5.20. The molecule has 5 nitrogen and oxygen atoms in total. The summed E-state index contributed by atoms with van der Waals surface area (Å²) in [4.78, 5) is 29.7. The lowest BCUT2D eigenvalue weighted by molar-refractivity contribution is -0.121. The first-order chi connectivity index (χ1) is 14.6. The lowest BCUT2D eigenvalue weighted by atomic mass is 9.98. The van der Waals surface area contributed by atoms with Crippen LogP contribution in [0.4, 0.5) is 0 Å². The molecule has 1 atom stereocenters. The molecular formula is C24H20ClN3O2. The van der Waals surface area contributed by atoms with E-state index in [-0.39, 0.29) is 30.5 Å². The number of benzene rings is 3. The Hall–Kier alpha value is -3.44. The van der Waals surface area contributed by atoms with Crippen LogP contribution in [-0.4, -0.2) is 15.5 Å². The van der Waals surface area contributed by atoms with E-state index >= 15 is 0 Å². The zero-order valence-electron chi connectivity index (χ0n) is 16.2. The van der Waals surface area contributed by atoms with Gasteiger partial charge in [0.05, 0.1) is 23.3 Å². The molecule has 0 fully saturated rings. The molecule has 1 N–H and O–H groups in total. The average Bonchev–Trinajstić information content (AvgIpc) is 2.78. The molecule has 30 heavy (non-hydrogen) atoms. The highest BCUT2D eigenvalue weighted by atomic mass is 35.5. The summed E-state index contributed by atoms with van der Waals surface area (Å²) in [5, 5.41) is 4.26. The summed E-state index contributed by atoms with van der Waals surface area (Å²) in [6.07, 6.45) is 1.66. The normalized spacial score (nSPS) is 11.9. The summed E-state index contributed by atoms with van der Waals surface area (Å²) in [5.41, 5.74) is 2.40. The second-order valence-electron chi connectivity index (χ2n) is 6.97. The van der Waals surface area contributed by atoms with Crippen LogP contribution in [0.5, 0.6) is 0 Å². The number of hydrogen-bond donors (Lipinski definition) is 1. The van der Waals surface area contributed by atoms with Crippen LogP contribution in [0.15, 0.2) is 90.0 Å². The highest BCUT2D eigenvalue weighted by Crippen LogP contribution is 2.23. The number of hydrogen-bond acceptors (Lipinski definition) is 3. The highest BCUT2D eigenvalue weighted by molar-refractivity contribution is 6.30. The Balaban J connectivity index is 1.51. The molecule has 0 saturated heterocycles. The number of nitrogens with one attached hydrogen (secondary N) is 1. The minimum absolute atomic E-state index is 0.147. The number of aromatic nitrogens is 2. The van der Waals surface area contributed by atoms with Crippen LogP contribution >= 0.6 is 11.6 Å². The molecule has 1 aromatic heterocycles. The van der Waals surface area contributed by atoms with Crippen molar-refractivity contribution in [2.75, 3.05) is 0 Å². The number of carbonyl (C=O) groups excluding carboxylic acids is 1. The third-order valence-electron chi connectivity index (χ3n) is 4.95. The van der Waals surface area contributed by atoms with Crippen molar-refractivity contribution in [3.63, 3.8) is 0 Å². The molecule has 0 aliphatic heterocycles. The van der Waals surface area contributed by atoms with Crippen LogP contribution in [0.25, 0.3) is 10.9 Å². The summed E-state index contributed by atoms with van der Waals surface area (Å²) in [6.45, 7) is 0.255. The smallest absolute Gasteiger partial charge is 0.261 e. The Kier molecular flexibility index (Phi) is 5.91. The maximum atomic E-state index is 12.7. The first-order valence-electron chi connectivity index (χ1n) is 9.66. The number of halogens is 1. The summed E-state index contributed by atoms with van der Waals surface area (Å²) >= 11 is 6.02. The van der Waals surface area contributed by atoms with Gasteiger partial charge in [-0.3, -0.25) is 14.2 Å². The van der Waals surface area contributed by atoms with Crippen molar-refractivity contribution >= 4 is 28.4 Å². The number of fused-ring (bicyclic) bond motifs is 1. The predicted molar refractivity (Wildman–Crippen MR) is 118 cm³/mol. The third kappa shape index (κ3) is 4.42. The lowest BCUT2D eigenvalue weighted by Gasteiger charge is -2.20. The first kappa shape index (κ1) is 19.9. The minimum Gasteiger partial charge on any atom is -0.345 e. The molecule has 0 aliphatic carbocycles. The van der Waals surface area contributed by atoms with E-state index in [1.807, 2.05) is 48.5 Å². The van der Waals surface area contributed by atoms with Crippen LogP contribution in [0.1, 0.15) is 23.6 Å². The fourth-order valence-corrected chi connectivity index (χ4v) is 3.51. The average molecular weight is 418 g/mol. The maximum Gasteiger partial charge on any atom is 0.261 e. The number of amides is 1. The molecule has 0 aliphatic rings.